The highest BCUT2D eigenvalue weighted by atomic mass is 35.5. The molecular weight excluding hydrogens is 533 g/mol. The van der Waals surface area contributed by atoms with Gasteiger partial charge in [0.05, 0.1) is 12.7 Å². The average Bonchev–Trinajstić information content (AvgIpc) is 2.90. The highest BCUT2D eigenvalue weighted by molar-refractivity contribution is 7.99. The largest absolute Gasteiger partial charge is 0.494 e. The van der Waals surface area contributed by atoms with Gasteiger partial charge in [0.15, 0.2) is 0 Å². The van der Waals surface area contributed by atoms with E-state index in [4.69, 9.17) is 26.8 Å². The average molecular weight is 562 g/mol. The van der Waals surface area contributed by atoms with Gasteiger partial charge >= 0.3 is 0 Å². The molecule has 202 valence electrons. The van der Waals surface area contributed by atoms with Crippen LogP contribution in [-0.4, -0.2) is 58.0 Å². The Kier molecular flexibility index (Phi) is 9.30. The smallest absolute Gasteiger partial charge is 0.248 e. The van der Waals surface area contributed by atoms with Crippen LogP contribution in [0.3, 0.4) is 0 Å². The van der Waals surface area contributed by atoms with E-state index in [9.17, 15) is 24.5 Å². The van der Waals surface area contributed by atoms with Crippen molar-refractivity contribution in [2.75, 3.05) is 12.4 Å². The molecule has 38 heavy (non-hydrogen) atoms. The fraction of sp³-hybridized carbons (Fsp3) is 0.321. The van der Waals surface area contributed by atoms with Crippen molar-refractivity contribution < 1.29 is 34.0 Å². The fourth-order valence-corrected chi connectivity index (χ4v) is 5.52. The summed E-state index contributed by atoms with van der Waals surface area (Å²) in [4.78, 5) is 11.6. The van der Waals surface area contributed by atoms with Gasteiger partial charge in [0.2, 0.25) is 5.91 Å². The topological polar surface area (TPSA) is 122 Å². The third-order valence-electron chi connectivity index (χ3n) is 6.36. The van der Waals surface area contributed by atoms with Gasteiger partial charge in [-0.1, -0.05) is 35.9 Å². The standard InChI is InChI=1S/C28H29ClFNO6S/c1-2-36-19-7-3-15(4-8-19)11-18-12-16(5-9-20(18)29)27-26(34)25(33)24(32)22(37-27)14-38-23-13-17(28(31)35)6-10-21(23)30/h3-10,12-13,22,24-27,32-34H,2,11,14H2,1H3,(H2,31,35). The maximum atomic E-state index is 14.3. The molecule has 1 aliphatic rings. The summed E-state index contributed by atoms with van der Waals surface area (Å²) in [6, 6.07) is 16.6. The molecule has 0 bridgehead atoms. The van der Waals surface area contributed by atoms with Gasteiger partial charge < -0.3 is 30.5 Å². The summed E-state index contributed by atoms with van der Waals surface area (Å²) in [6.07, 6.45) is -5.69. The lowest BCUT2D eigenvalue weighted by Gasteiger charge is -2.41. The lowest BCUT2D eigenvalue weighted by atomic mass is 9.90. The second-order valence-corrected chi connectivity index (χ2v) is 10.5. The van der Waals surface area contributed by atoms with E-state index in [1.54, 1.807) is 18.2 Å². The minimum atomic E-state index is -1.49. The minimum Gasteiger partial charge on any atom is -0.494 e. The molecular formula is C28H29ClFNO6S. The SMILES string of the molecule is CCOc1ccc(Cc2cc(C3OC(CSc4cc(C(N)=O)ccc4F)C(O)C(O)C3O)ccc2Cl)cc1. The van der Waals surface area contributed by atoms with E-state index in [-0.39, 0.29) is 16.2 Å². The minimum absolute atomic E-state index is 0.0488. The van der Waals surface area contributed by atoms with Crippen LogP contribution in [0, 0.1) is 5.82 Å². The molecule has 1 aliphatic heterocycles. The number of primary amides is 1. The molecule has 10 heteroatoms. The summed E-state index contributed by atoms with van der Waals surface area (Å²) >= 11 is 7.47. The molecule has 3 aromatic rings. The molecule has 0 radical (unpaired) electrons. The van der Waals surface area contributed by atoms with Crippen molar-refractivity contribution in [1.82, 2.24) is 0 Å². The summed E-state index contributed by atoms with van der Waals surface area (Å²) in [5.41, 5.74) is 7.81. The second-order valence-electron chi connectivity index (χ2n) is 8.99. The van der Waals surface area contributed by atoms with E-state index in [2.05, 4.69) is 0 Å². The number of carbonyl (C=O) groups excluding carboxylic acids is 1. The van der Waals surface area contributed by atoms with Gasteiger partial charge in [-0.25, -0.2) is 4.39 Å². The van der Waals surface area contributed by atoms with Gasteiger partial charge in [-0.2, -0.15) is 0 Å². The zero-order chi connectivity index (χ0) is 27.4. The van der Waals surface area contributed by atoms with Crippen molar-refractivity contribution in [3.63, 3.8) is 0 Å². The third-order valence-corrected chi connectivity index (χ3v) is 7.85. The van der Waals surface area contributed by atoms with Gasteiger partial charge in [0.1, 0.15) is 36.0 Å². The normalized spacial score (nSPS) is 23.3. The molecule has 0 saturated carbocycles. The Labute approximate surface area is 229 Å². The Balaban J connectivity index is 1.52. The molecule has 4 rings (SSSR count). The van der Waals surface area contributed by atoms with Gasteiger partial charge in [-0.05, 0) is 66.4 Å². The van der Waals surface area contributed by atoms with Crippen LogP contribution in [0.1, 0.15) is 40.1 Å². The molecule has 0 aliphatic carbocycles. The van der Waals surface area contributed by atoms with Crippen LogP contribution >= 0.6 is 23.4 Å². The van der Waals surface area contributed by atoms with Gasteiger partial charge in [-0.3, -0.25) is 4.79 Å². The zero-order valence-corrected chi connectivity index (χ0v) is 22.2. The molecule has 1 amide bonds. The molecule has 0 aromatic heterocycles. The van der Waals surface area contributed by atoms with Crippen LogP contribution < -0.4 is 10.5 Å². The number of hydrogen-bond donors (Lipinski definition) is 4. The van der Waals surface area contributed by atoms with Crippen molar-refractivity contribution in [2.24, 2.45) is 5.73 Å². The number of ether oxygens (including phenoxy) is 2. The number of thioether (sulfide) groups is 1. The lowest BCUT2D eigenvalue weighted by Crippen LogP contribution is -2.54. The van der Waals surface area contributed by atoms with Crippen molar-refractivity contribution in [1.29, 1.82) is 0 Å². The Morgan fingerprint density at radius 3 is 2.47 bits per heavy atom. The Bertz CT molecular complexity index is 1280. The molecule has 5 unspecified atom stereocenters. The predicted molar refractivity (Wildman–Crippen MR) is 143 cm³/mol. The number of aliphatic hydroxyl groups excluding tert-OH is 3. The van der Waals surface area contributed by atoms with Crippen LogP contribution in [0.5, 0.6) is 5.75 Å². The number of amides is 1. The molecule has 1 fully saturated rings. The summed E-state index contributed by atoms with van der Waals surface area (Å²) in [6.45, 7) is 2.49. The molecule has 1 saturated heterocycles. The number of hydrogen-bond acceptors (Lipinski definition) is 7. The van der Waals surface area contributed by atoms with Gasteiger partial charge in [0, 0.05) is 21.2 Å². The summed E-state index contributed by atoms with van der Waals surface area (Å²) < 4.78 is 25.8. The van der Waals surface area contributed by atoms with Crippen LogP contribution in [-0.2, 0) is 11.2 Å². The van der Waals surface area contributed by atoms with Crippen LogP contribution in [0.25, 0.3) is 0 Å². The molecule has 5 N–H and O–H groups in total. The van der Waals surface area contributed by atoms with Crippen LogP contribution in [0.2, 0.25) is 5.02 Å². The molecule has 3 aromatic carbocycles. The monoisotopic (exact) mass is 561 g/mol. The van der Waals surface area contributed by atoms with Crippen molar-refractivity contribution in [3.8, 4) is 5.75 Å². The van der Waals surface area contributed by atoms with E-state index in [0.717, 1.165) is 34.7 Å². The highest BCUT2D eigenvalue weighted by Gasteiger charge is 2.44. The van der Waals surface area contributed by atoms with Crippen LogP contribution in [0.4, 0.5) is 4.39 Å². The number of halogens is 2. The molecule has 5 atom stereocenters. The lowest BCUT2D eigenvalue weighted by molar-refractivity contribution is -0.218. The van der Waals surface area contributed by atoms with Crippen LogP contribution in [0.15, 0.2) is 65.6 Å². The summed E-state index contributed by atoms with van der Waals surface area (Å²) in [5, 5.41) is 32.4. The summed E-state index contributed by atoms with van der Waals surface area (Å²) in [5.74, 6) is -0.428. The first-order valence-corrected chi connectivity index (χ1v) is 13.5. The molecule has 7 nitrogen and oxygen atoms in total. The van der Waals surface area contributed by atoms with E-state index in [1.165, 1.54) is 12.1 Å². The first kappa shape index (κ1) is 28.4. The second kappa shape index (κ2) is 12.5. The highest BCUT2D eigenvalue weighted by Crippen LogP contribution is 2.36. The number of benzene rings is 3. The van der Waals surface area contributed by atoms with Gasteiger partial charge in [-0.15, -0.1) is 11.8 Å². The van der Waals surface area contributed by atoms with Crippen molar-refractivity contribution in [3.05, 3.63) is 93.8 Å². The van der Waals surface area contributed by atoms with Gasteiger partial charge in [0.25, 0.3) is 0 Å². The van der Waals surface area contributed by atoms with E-state index >= 15 is 0 Å². The Morgan fingerprint density at radius 1 is 1.05 bits per heavy atom. The quantitative estimate of drug-likeness (QED) is 0.292. The first-order valence-electron chi connectivity index (χ1n) is 12.1. The number of carbonyl (C=O) groups is 1. The maximum Gasteiger partial charge on any atom is 0.248 e. The number of rotatable bonds is 9. The van der Waals surface area contributed by atoms with Crippen molar-refractivity contribution >= 4 is 29.3 Å². The van der Waals surface area contributed by atoms with E-state index in [1.807, 2.05) is 31.2 Å². The van der Waals surface area contributed by atoms with E-state index < -0.39 is 42.2 Å². The number of nitrogens with two attached hydrogens (primary N) is 1. The first-order chi connectivity index (χ1) is 18.2. The summed E-state index contributed by atoms with van der Waals surface area (Å²) in [7, 11) is 0. The maximum absolute atomic E-state index is 14.3. The van der Waals surface area contributed by atoms with Crippen molar-refractivity contribution in [2.45, 2.75) is 48.8 Å². The Morgan fingerprint density at radius 2 is 1.79 bits per heavy atom. The number of aliphatic hydroxyl groups is 3. The molecule has 1 heterocycles. The molecule has 0 spiro atoms. The third kappa shape index (κ3) is 6.48. The fourth-order valence-electron chi connectivity index (χ4n) is 4.30. The zero-order valence-electron chi connectivity index (χ0n) is 20.6. The Hall–Kier alpha value is -2.66. The van der Waals surface area contributed by atoms with E-state index in [0.29, 0.717) is 23.6 Å². The predicted octanol–water partition coefficient (Wildman–Crippen LogP) is 3.88.